The van der Waals surface area contributed by atoms with Crippen LogP contribution in [-0.2, 0) is 6.54 Å². The van der Waals surface area contributed by atoms with E-state index < -0.39 is 0 Å². The first-order valence-electron chi connectivity index (χ1n) is 6.06. The first-order valence-corrected chi connectivity index (χ1v) is 6.85. The van der Waals surface area contributed by atoms with E-state index in [0.717, 1.165) is 29.8 Å². The third-order valence-corrected chi connectivity index (χ3v) is 3.84. The molecule has 1 fully saturated rings. The zero-order valence-corrected chi connectivity index (χ0v) is 12.3. The molecule has 0 bridgehead atoms. The lowest BCUT2D eigenvalue weighted by Gasteiger charge is -2.45. The molecule has 0 saturated carbocycles. The molecule has 4 heteroatoms. The van der Waals surface area contributed by atoms with Crippen LogP contribution in [-0.4, -0.2) is 34.6 Å². The van der Waals surface area contributed by atoms with Gasteiger partial charge in [-0.15, -0.1) is 0 Å². The van der Waals surface area contributed by atoms with Crippen LogP contribution in [0.2, 0.25) is 0 Å². The zero-order valence-electron chi connectivity index (χ0n) is 10.7. The van der Waals surface area contributed by atoms with Gasteiger partial charge in [0.25, 0.3) is 0 Å². The van der Waals surface area contributed by atoms with Crippen molar-refractivity contribution in [1.82, 2.24) is 15.2 Å². The Balaban J connectivity index is 2.08. The Labute approximate surface area is 112 Å². The molecule has 0 radical (unpaired) electrons. The van der Waals surface area contributed by atoms with E-state index in [9.17, 15) is 0 Å². The summed E-state index contributed by atoms with van der Waals surface area (Å²) in [7, 11) is 0. The standard InChI is InChI=1S/C13H20BrN3/c1-10-7-17(13(2,3)9-16-10)8-12-5-4-11(14)6-15-12/h4-6,10,16H,7-9H2,1-3H3. The summed E-state index contributed by atoms with van der Waals surface area (Å²) < 4.78 is 1.04. The van der Waals surface area contributed by atoms with Crippen molar-refractivity contribution in [1.29, 1.82) is 0 Å². The van der Waals surface area contributed by atoms with Crippen LogP contribution in [0.15, 0.2) is 22.8 Å². The highest BCUT2D eigenvalue weighted by molar-refractivity contribution is 9.10. The van der Waals surface area contributed by atoms with Crippen LogP contribution in [0.25, 0.3) is 0 Å². The minimum Gasteiger partial charge on any atom is -0.311 e. The normalized spacial score (nSPS) is 24.8. The topological polar surface area (TPSA) is 28.2 Å². The Morgan fingerprint density at radius 3 is 2.94 bits per heavy atom. The molecule has 1 aromatic rings. The Hall–Kier alpha value is -0.450. The van der Waals surface area contributed by atoms with Crippen molar-refractivity contribution in [2.24, 2.45) is 0 Å². The van der Waals surface area contributed by atoms with Gasteiger partial charge in [0.15, 0.2) is 0 Å². The number of piperazine rings is 1. The molecule has 1 aliphatic rings. The molecule has 0 spiro atoms. The number of pyridine rings is 1. The molecule has 1 atom stereocenters. The maximum atomic E-state index is 4.45. The van der Waals surface area contributed by atoms with E-state index in [1.165, 1.54) is 0 Å². The molecule has 2 rings (SSSR count). The third kappa shape index (κ3) is 3.27. The molecule has 17 heavy (non-hydrogen) atoms. The lowest BCUT2D eigenvalue weighted by atomic mass is 9.97. The van der Waals surface area contributed by atoms with E-state index in [-0.39, 0.29) is 5.54 Å². The molecule has 2 heterocycles. The third-order valence-electron chi connectivity index (χ3n) is 3.37. The summed E-state index contributed by atoms with van der Waals surface area (Å²) in [6.45, 7) is 9.83. The van der Waals surface area contributed by atoms with E-state index in [0.29, 0.717) is 6.04 Å². The van der Waals surface area contributed by atoms with Crippen LogP contribution >= 0.6 is 15.9 Å². The Morgan fingerprint density at radius 2 is 2.29 bits per heavy atom. The predicted molar refractivity (Wildman–Crippen MR) is 73.9 cm³/mol. The number of aromatic nitrogens is 1. The van der Waals surface area contributed by atoms with Crippen LogP contribution < -0.4 is 5.32 Å². The van der Waals surface area contributed by atoms with Crippen LogP contribution in [0, 0.1) is 0 Å². The smallest absolute Gasteiger partial charge is 0.0545 e. The van der Waals surface area contributed by atoms with Crippen molar-refractivity contribution >= 4 is 15.9 Å². The Kier molecular flexibility index (Phi) is 3.85. The van der Waals surface area contributed by atoms with E-state index in [1.807, 2.05) is 6.20 Å². The number of nitrogens with one attached hydrogen (secondary N) is 1. The highest BCUT2D eigenvalue weighted by atomic mass is 79.9. The SMILES string of the molecule is CC1CN(Cc2ccc(Br)cn2)C(C)(C)CN1. The van der Waals surface area contributed by atoms with Gasteiger partial charge in [0.05, 0.1) is 5.69 Å². The summed E-state index contributed by atoms with van der Waals surface area (Å²) in [6, 6.07) is 4.70. The van der Waals surface area contributed by atoms with Gasteiger partial charge in [0, 0.05) is 41.9 Å². The number of halogens is 1. The first-order chi connectivity index (χ1) is 7.97. The molecule has 0 amide bonds. The van der Waals surface area contributed by atoms with Crippen LogP contribution in [0.3, 0.4) is 0 Å². The average molecular weight is 298 g/mol. The summed E-state index contributed by atoms with van der Waals surface area (Å²) >= 11 is 3.42. The Morgan fingerprint density at radius 1 is 1.53 bits per heavy atom. The summed E-state index contributed by atoms with van der Waals surface area (Å²) in [5.41, 5.74) is 1.33. The second kappa shape index (κ2) is 5.04. The van der Waals surface area contributed by atoms with Gasteiger partial charge < -0.3 is 5.32 Å². The van der Waals surface area contributed by atoms with Gasteiger partial charge in [-0.3, -0.25) is 9.88 Å². The van der Waals surface area contributed by atoms with Gasteiger partial charge in [0.1, 0.15) is 0 Å². The maximum absolute atomic E-state index is 4.45. The van der Waals surface area contributed by atoms with E-state index in [2.05, 4.69) is 64.0 Å². The van der Waals surface area contributed by atoms with Crippen molar-refractivity contribution in [2.45, 2.75) is 38.9 Å². The lowest BCUT2D eigenvalue weighted by molar-refractivity contribution is 0.0614. The van der Waals surface area contributed by atoms with Gasteiger partial charge in [-0.05, 0) is 48.8 Å². The first kappa shape index (κ1) is 13.0. The van der Waals surface area contributed by atoms with Gasteiger partial charge in [0.2, 0.25) is 0 Å². The zero-order chi connectivity index (χ0) is 12.5. The predicted octanol–water partition coefficient (Wildman–Crippen LogP) is 2.42. The number of rotatable bonds is 2. The lowest BCUT2D eigenvalue weighted by Crippen LogP contribution is -2.60. The summed E-state index contributed by atoms with van der Waals surface area (Å²) in [5.74, 6) is 0. The van der Waals surface area contributed by atoms with Gasteiger partial charge >= 0.3 is 0 Å². The van der Waals surface area contributed by atoms with Crippen LogP contribution in [0.4, 0.5) is 0 Å². The fraction of sp³-hybridized carbons (Fsp3) is 0.615. The molecule has 1 unspecified atom stereocenters. The highest BCUT2D eigenvalue weighted by Crippen LogP contribution is 2.21. The Bertz CT molecular complexity index is 375. The minimum atomic E-state index is 0.196. The van der Waals surface area contributed by atoms with Crippen LogP contribution in [0.5, 0.6) is 0 Å². The quantitative estimate of drug-likeness (QED) is 0.909. The molecule has 0 aromatic carbocycles. The molecular formula is C13H20BrN3. The number of hydrogen-bond acceptors (Lipinski definition) is 3. The van der Waals surface area contributed by atoms with E-state index in [1.54, 1.807) is 0 Å². The second-order valence-corrected chi connectivity index (χ2v) is 6.36. The van der Waals surface area contributed by atoms with Crippen molar-refractivity contribution in [2.75, 3.05) is 13.1 Å². The maximum Gasteiger partial charge on any atom is 0.0545 e. The van der Waals surface area contributed by atoms with E-state index >= 15 is 0 Å². The molecule has 1 N–H and O–H groups in total. The van der Waals surface area contributed by atoms with Crippen LogP contribution in [0.1, 0.15) is 26.5 Å². The molecule has 0 aliphatic carbocycles. The number of nitrogens with zero attached hydrogens (tertiary/aromatic N) is 2. The fourth-order valence-electron chi connectivity index (χ4n) is 2.15. The van der Waals surface area contributed by atoms with Gasteiger partial charge in [-0.2, -0.15) is 0 Å². The van der Waals surface area contributed by atoms with E-state index in [4.69, 9.17) is 0 Å². The largest absolute Gasteiger partial charge is 0.311 e. The fourth-order valence-corrected chi connectivity index (χ4v) is 2.39. The van der Waals surface area contributed by atoms with Crippen molar-refractivity contribution in [3.8, 4) is 0 Å². The summed E-state index contributed by atoms with van der Waals surface area (Å²) in [5, 5.41) is 3.53. The molecule has 1 aliphatic heterocycles. The molecule has 94 valence electrons. The average Bonchev–Trinajstić information content (AvgIpc) is 2.27. The summed E-state index contributed by atoms with van der Waals surface area (Å²) in [6.07, 6.45) is 1.87. The summed E-state index contributed by atoms with van der Waals surface area (Å²) in [4.78, 5) is 6.96. The highest BCUT2D eigenvalue weighted by Gasteiger charge is 2.32. The molecular weight excluding hydrogens is 278 g/mol. The molecule has 1 aromatic heterocycles. The second-order valence-electron chi connectivity index (χ2n) is 5.44. The van der Waals surface area contributed by atoms with Crippen molar-refractivity contribution in [3.05, 3.63) is 28.5 Å². The number of hydrogen-bond donors (Lipinski definition) is 1. The van der Waals surface area contributed by atoms with Gasteiger partial charge in [-0.1, -0.05) is 0 Å². The van der Waals surface area contributed by atoms with Crippen molar-refractivity contribution < 1.29 is 0 Å². The van der Waals surface area contributed by atoms with Gasteiger partial charge in [-0.25, -0.2) is 0 Å². The molecule has 3 nitrogen and oxygen atoms in total. The molecule has 1 saturated heterocycles. The minimum absolute atomic E-state index is 0.196. The monoisotopic (exact) mass is 297 g/mol. The van der Waals surface area contributed by atoms with Crippen molar-refractivity contribution in [3.63, 3.8) is 0 Å².